The van der Waals surface area contributed by atoms with E-state index in [0.29, 0.717) is 27.6 Å². The Morgan fingerprint density at radius 1 is 1.09 bits per heavy atom. The molecule has 170 valence electrons. The Balaban J connectivity index is 1.58. The van der Waals surface area contributed by atoms with Gasteiger partial charge >= 0.3 is 6.09 Å². The van der Waals surface area contributed by atoms with Gasteiger partial charge in [0.2, 0.25) is 11.8 Å². The van der Waals surface area contributed by atoms with Crippen LogP contribution in [0.3, 0.4) is 0 Å². The van der Waals surface area contributed by atoms with Crippen LogP contribution in [0.5, 0.6) is 0 Å². The van der Waals surface area contributed by atoms with Crippen LogP contribution < -0.4 is 16.0 Å². The van der Waals surface area contributed by atoms with Gasteiger partial charge in [-0.1, -0.05) is 11.6 Å². The maximum absolute atomic E-state index is 12.4. The number of ether oxygens (including phenoxy) is 1. The molecule has 3 N–H and O–H groups in total. The molecule has 1 atom stereocenters. The molecule has 0 aliphatic heterocycles. The number of aromatic nitrogens is 4. The first kappa shape index (κ1) is 23.4. The predicted molar refractivity (Wildman–Crippen MR) is 122 cm³/mol. The van der Waals surface area contributed by atoms with Crippen molar-refractivity contribution in [2.45, 2.75) is 13.0 Å². The van der Waals surface area contributed by atoms with Crippen LogP contribution in [-0.2, 0) is 14.3 Å². The van der Waals surface area contributed by atoms with Crippen LogP contribution in [-0.4, -0.2) is 51.3 Å². The van der Waals surface area contributed by atoms with Gasteiger partial charge in [0.25, 0.3) is 0 Å². The fourth-order valence-electron chi connectivity index (χ4n) is 2.69. The van der Waals surface area contributed by atoms with E-state index in [1.54, 1.807) is 55.5 Å². The van der Waals surface area contributed by atoms with Crippen molar-refractivity contribution < 1.29 is 19.1 Å². The predicted octanol–water partition coefficient (Wildman–Crippen LogP) is 2.65. The van der Waals surface area contributed by atoms with Crippen LogP contribution in [0.25, 0.3) is 11.8 Å². The Kier molecular flexibility index (Phi) is 7.71. The lowest BCUT2D eigenvalue weighted by molar-refractivity contribution is -0.123. The molecule has 3 aromatic rings. The van der Waals surface area contributed by atoms with E-state index in [-0.39, 0.29) is 0 Å². The largest absolute Gasteiger partial charge is 0.453 e. The van der Waals surface area contributed by atoms with Crippen LogP contribution in [0.4, 0.5) is 16.2 Å². The molecular formula is C21H20ClN7O4. The lowest BCUT2D eigenvalue weighted by Gasteiger charge is -2.13. The molecular weight excluding hydrogens is 450 g/mol. The van der Waals surface area contributed by atoms with Crippen molar-refractivity contribution in [1.82, 2.24) is 25.5 Å². The number of rotatable bonds is 7. The molecule has 0 bridgehead atoms. The third-order valence-corrected chi connectivity index (χ3v) is 4.57. The Hall–Kier alpha value is -4.25. The van der Waals surface area contributed by atoms with Gasteiger partial charge in [0.1, 0.15) is 12.4 Å². The maximum atomic E-state index is 12.4. The Morgan fingerprint density at radius 3 is 2.42 bits per heavy atom. The van der Waals surface area contributed by atoms with Gasteiger partial charge in [0.15, 0.2) is 0 Å². The van der Waals surface area contributed by atoms with Crippen molar-refractivity contribution in [3.63, 3.8) is 0 Å². The number of halogens is 1. The summed E-state index contributed by atoms with van der Waals surface area (Å²) in [7, 11) is 1.26. The molecule has 0 aliphatic rings. The number of benzene rings is 2. The van der Waals surface area contributed by atoms with Crippen molar-refractivity contribution in [1.29, 1.82) is 0 Å². The van der Waals surface area contributed by atoms with Crippen LogP contribution in [0.1, 0.15) is 12.5 Å². The van der Waals surface area contributed by atoms with Gasteiger partial charge in [-0.3, -0.25) is 14.9 Å². The molecule has 0 fully saturated rings. The molecule has 0 spiro atoms. The van der Waals surface area contributed by atoms with Gasteiger partial charge in [-0.15, -0.1) is 5.10 Å². The minimum Gasteiger partial charge on any atom is -0.453 e. The molecule has 1 aromatic heterocycles. The van der Waals surface area contributed by atoms with Crippen molar-refractivity contribution in [3.8, 4) is 5.69 Å². The van der Waals surface area contributed by atoms with E-state index in [4.69, 9.17) is 11.6 Å². The number of methoxy groups -OCH3 is 1. The highest BCUT2D eigenvalue weighted by atomic mass is 35.5. The summed E-state index contributed by atoms with van der Waals surface area (Å²) in [5, 5.41) is 19.3. The number of hydrogen-bond acceptors (Lipinski definition) is 7. The zero-order valence-corrected chi connectivity index (χ0v) is 18.4. The van der Waals surface area contributed by atoms with E-state index in [1.165, 1.54) is 24.2 Å². The van der Waals surface area contributed by atoms with E-state index in [0.717, 1.165) is 0 Å². The van der Waals surface area contributed by atoms with Crippen LogP contribution >= 0.6 is 11.6 Å². The Labute approximate surface area is 193 Å². The van der Waals surface area contributed by atoms with Gasteiger partial charge in [-0.25, -0.2) is 4.79 Å². The van der Waals surface area contributed by atoms with E-state index >= 15 is 0 Å². The second kappa shape index (κ2) is 10.9. The number of carbonyl (C=O) groups is 3. The van der Waals surface area contributed by atoms with E-state index in [1.807, 2.05) is 0 Å². The monoisotopic (exact) mass is 469 g/mol. The molecule has 0 aliphatic carbocycles. The van der Waals surface area contributed by atoms with Gasteiger partial charge in [0.05, 0.1) is 12.8 Å². The minimum atomic E-state index is -0.812. The Bertz CT molecular complexity index is 1160. The number of amides is 3. The quantitative estimate of drug-likeness (QED) is 0.452. The third kappa shape index (κ3) is 6.61. The van der Waals surface area contributed by atoms with Crippen LogP contribution in [0, 0.1) is 0 Å². The molecule has 0 radical (unpaired) electrons. The number of tetrazole rings is 1. The lowest BCUT2D eigenvalue weighted by Crippen LogP contribution is -2.40. The van der Waals surface area contributed by atoms with Gasteiger partial charge < -0.3 is 15.4 Å². The molecule has 0 unspecified atom stereocenters. The first-order valence-corrected chi connectivity index (χ1v) is 10.0. The van der Waals surface area contributed by atoms with Crippen molar-refractivity contribution in [3.05, 3.63) is 65.5 Å². The highest BCUT2D eigenvalue weighted by molar-refractivity contribution is 6.30. The molecule has 33 heavy (non-hydrogen) atoms. The number of hydrogen-bond donors (Lipinski definition) is 3. The topological polar surface area (TPSA) is 140 Å². The summed E-state index contributed by atoms with van der Waals surface area (Å²) in [5.74, 6) is -0.888. The molecule has 1 heterocycles. The molecule has 3 rings (SSSR count). The molecule has 11 nitrogen and oxygen atoms in total. The zero-order chi connectivity index (χ0) is 23.8. The van der Waals surface area contributed by atoms with Crippen molar-refractivity contribution in [2.24, 2.45) is 0 Å². The highest BCUT2D eigenvalue weighted by Crippen LogP contribution is 2.20. The smallest absolute Gasteiger partial charge is 0.411 e. The van der Waals surface area contributed by atoms with E-state index in [9.17, 15) is 14.4 Å². The summed E-state index contributed by atoms with van der Waals surface area (Å²) in [6.45, 7) is 1.56. The average molecular weight is 470 g/mol. The standard InChI is InChI=1S/C21H20ClN7O4/c1-13(20(31)25-16-5-7-17(8-6-16)26-21(32)33-2)24-19(30)10-3-14-11-15(22)4-9-18(14)29-12-23-27-28-29/h3-13H,1-2H3,(H,24,30)(H,25,31)(H,26,32)/b10-3+/t13-/m0/s1. The number of nitrogens with one attached hydrogen (secondary N) is 3. The van der Waals surface area contributed by atoms with Crippen molar-refractivity contribution >= 4 is 47.0 Å². The Morgan fingerprint density at radius 2 is 1.79 bits per heavy atom. The SMILES string of the molecule is COC(=O)Nc1ccc(NC(=O)[C@H](C)NC(=O)/C=C/c2cc(Cl)ccc2-n2cnnn2)cc1. The van der Waals surface area contributed by atoms with Crippen LogP contribution in [0.2, 0.25) is 5.02 Å². The van der Waals surface area contributed by atoms with Gasteiger partial charge in [-0.2, -0.15) is 4.68 Å². The molecule has 0 saturated carbocycles. The van der Waals surface area contributed by atoms with Crippen molar-refractivity contribution in [2.75, 3.05) is 17.7 Å². The van der Waals surface area contributed by atoms with E-state index in [2.05, 4.69) is 36.2 Å². The molecule has 0 saturated heterocycles. The first-order valence-electron chi connectivity index (χ1n) is 9.63. The zero-order valence-electron chi connectivity index (χ0n) is 17.7. The normalized spacial score (nSPS) is 11.6. The molecule has 12 heteroatoms. The number of anilines is 2. The fourth-order valence-corrected chi connectivity index (χ4v) is 2.87. The summed E-state index contributed by atoms with van der Waals surface area (Å²) in [6.07, 6.45) is 3.66. The highest BCUT2D eigenvalue weighted by Gasteiger charge is 2.15. The second-order valence-electron chi connectivity index (χ2n) is 6.70. The lowest BCUT2D eigenvalue weighted by atomic mass is 10.1. The fraction of sp³-hybridized carbons (Fsp3) is 0.143. The van der Waals surface area contributed by atoms with E-state index < -0.39 is 23.9 Å². The number of carbonyl (C=O) groups excluding carboxylic acids is 3. The minimum absolute atomic E-state index is 0.414. The maximum Gasteiger partial charge on any atom is 0.411 e. The molecule has 2 aromatic carbocycles. The van der Waals surface area contributed by atoms with Crippen LogP contribution in [0.15, 0.2) is 54.9 Å². The van der Waals surface area contributed by atoms with Gasteiger partial charge in [-0.05, 0) is 65.9 Å². The first-order chi connectivity index (χ1) is 15.9. The third-order valence-electron chi connectivity index (χ3n) is 4.34. The summed E-state index contributed by atoms with van der Waals surface area (Å²) in [5.41, 5.74) is 2.25. The second-order valence-corrected chi connectivity index (χ2v) is 7.14. The summed E-state index contributed by atoms with van der Waals surface area (Å²) < 4.78 is 5.96. The summed E-state index contributed by atoms with van der Waals surface area (Å²) in [6, 6.07) is 10.7. The summed E-state index contributed by atoms with van der Waals surface area (Å²) in [4.78, 5) is 35.9. The number of nitrogens with zero attached hydrogens (tertiary/aromatic N) is 4. The summed E-state index contributed by atoms with van der Waals surface area (Å²) >= 11 is 6.06. The average Bonchev–Trinajstić information content (AvgIpc) is 3.33. The van der Waals surface area contributed by atoms with Gasteiger partial charge in [0, 0.05) is 28.0 Å². The molecule has 3 amide bonds.